The number of esters is 2. The highest BCUT2D eigenvalue weighted by molar-refractivity contribution is 6.06. The van der Waals surface area contributed by atoms with E-state index in [1.165, 1.54) is 18.7 Å². The maximum Gasteiger partial charge on any atom is 0.303 e. The summed E-state index contributed by atoms with van der Waals surface area (Å²) in [6.45, 7) is 4.69. The van der Waals surface area contributed by atoms with E-state index in [1.807, 2.05) is 0 Å². The summed E-state index contributed by atoms with van der Waals surface area (Å²) in [7, 11) is 0. The first kappa shape index (κ1) is 28.2. The molecule has 3 fully saturated rings. The van der Waals surface area contributed by atoms with Gasteiger partial charge >= 0.3 is 11.9 Å². The zero-order valence-electron chi connectivity index (χ0n) is 21.9. The van der Waals surface area contributed by atoms with Crippen LogP contribution in [0.25, 0.3) is 0 Å². The van der Waals surface area contributed by atoms with Gasteiger partial charge in [0.15, 0.2) is 0 Å². The molecule has 9 atom stereocenters. The van der Waals surface area contributed by atoms with Gasteiger partial charge in [-0.2, -0.15) is 0 Å². The van der Waals surface area contributed by atoms with Crippen molar-refractivity contribution in [3.63, 3.8) is 0 Å². The Morgan fingerprint density at radius 2 is 1.84 bits per heavy atom. The maximum atomic E-state index is 13.0. The van der Waals surface area contributed by atoms with E-state index in [1.54, 1.807) is 19.1 Å². The molecule has 2 aliphatic carbocycles. The number of hydrogen-bond donors (Lipinski definition) is 2. The van der Waals surface area contributed by atoms with Crippen LogP contribution in [0, 0.1) is 23.7 Å². The molecule has 0 bridgehead atoms. The lowest BCUT2D eigenvalue weighted by Gasteiger charge is -2.45. The molecule has 0 aromatic heterocycles. The first-order valence-corrected chi connectivity index (χ1v) is 13.2. The quantitative estimate of drug-likeness (QED) is 0.145. The molecule has 2 heterocycles. The average Bonchev–Trinajstić information content (AvgIpc) is 3.12. The monoisotopic (exact) mass is 536 g/mol. The molecule has 0 radical (unpaired) electrons. The standard InChI is InChI=1S/C26H36N2O10/c1-4-28-25(33)17-7-6-16-18(11-19(31)24(32)22(16)23(17)26(28)34)27-36-10-9-15-5-8-20(37-14(3)30)21(38-15)12-35-13(2)29/h5,8,15-17,19-24,31-32H,4,6-7,9-12H2,1-3H3/t15-,16-,17+,19+,20-,21+,22-,23+,24+/m0/s1. The molecule has 2 N–H and O–H groups in total. The Labute approximate surface area is 220 Å². The Morgan fingerprint density at radius 3 is 2.53 bits per heavy atom. The highest BCUT2D eigenvalue weighted by Gasteiger charge is 2.59. The van der Waals surface area contributed by atoms with Crippen LogP contribution < -0.4 is 0 Å². The zero-order chi connectivity index (χ0) is 27.6. The fourth-order valence-corrected chi connectivity index (χ4v) is 6.16. The van der Waals surface area contributed by atoms with Crippen molar-refractivity contribution in [2.75, 3.05) is 19.8 Å². The second kappa shape index (κ2) is 11.9. The van der Waals surface area contributed by atoms with Gasteiger partial charge in [0.05, 0.1) is 35.9 Å². The maximum absolute atomic E-state index is 13.0. The number of nitrogens with zero attached hydrogens (tertiary/aromatic N) is 2. The Balaban J connectivity index is 1.38. The topological polar surface area (TPSA) is 161 Å². The summed E-state index contributed by atoms with van der Waals surface area (Å²) >= 11 is 0. The third-order valence-corrected chi connectivity index (χ3v) is 7.85. The molecule has 12 heteroatoms. The van der Waals surface area contributed by atoms with E-state index in [0.717, 1.165) is 0 Å². The normalized spacial score (nSPS) is 37.6. The van der Waals surface area contributed by atoms with Gasteiger partial charge in [-0.15, -0.1) is 0 Å². The van der Waals surface area contributed by atoms with Gasteiger partial charge in [-0.1, -0.05) is 11.2 Å². The number of ether oxygens (including phenoxy) is 3. The number of carbonyl (C=O) groups excluding carboxylic acids is 4. The van der Waals surface area contributed by atoms with Crippen molar-refractivity contribution in [3.05, 3.63) is 12.2 Å². The highest BCUT2D eigenvalue weighted by atomic mass is 16.6. The summed E-state index contributed by atoms with van der Waals surface area (Å²) in [4.78, 5) is 55.1. The van der Waals surface area contributed by atoms with Crippen molar-refractivity contribution in [3.8, 4) is 0 Å². The minimum atomic E-state index is -1.12. The second-order valence-corrected chi connectivity index (χ2v) is 10.3. The van der Waals surface area contributed by atoms with E-state index < -0.39 is 60.2 Å². The van der Waals surface area contributed by atoms with E-state index >= 15 is 0 Å². The van der Waals surface area contributed by atoms with Crippen LogP contribution in [0.1, 0.15) is 46.5 Å². The summed E-state index contributed by atoms with van der Waals surface area (Å²) in [5.41, 5.74) is 0.573. The molecule has 1 saturated heterocycles. The summed E-state index contributed by atoms with van der Waals surface area (Å²) < 4.78 is 16.2. The summed E-state index contributed by atoms with van der Waals surface area (Å²) in [5.74, 6) is -3.46. The molecule has 2 saturated carbocycles. The van der Waals surface area contributed by atoms with Gasteiger partial charge in [0, 0.05) is 45.1 Å². The zero-order valence-corrected chi connectivity index (χ0v) is 21.9. The predicted octanol–water partition coefficient (Wildman–Crippen LogP) is 0.340. The smallest absolute Gasteiger partial charge is 0.303 e. The molecule has 210 valence electrons. The number of likely N-dealkylation sites (tertiary alicyclic amines) is 1. The van der Waals surface area contributed by atoms with Crippen molar-refractivity contribution < 1.29 is 48.4 Å². The molecule has 4 rings (SSSR count). The Hall–Kier alpha value is -2.83. The number of carbonyl (C=O) groups is 4. The van der Waals surface area contributed by atoms with E-state index in [0.29, 0.717) is 25.0 Å². The number of rotatable bonds is 8. The van der Waals surface area contributed by atoms with Gasteiger partial charge in [0.25, 0.3) is 0 Å². The van der Waals surface area contributed by atoms with Crippen LogP contribution in [0.5, 0.6) is 0 Å². The fraction of sp³-hybridized carbons (Fsp3) is 0.731. The van der Waals surface area contributed by atoms with E-state index in [-0.39, 0.29) is 43.9 Å². The van der Waals surface area contributed by atoms with Crippen LogP contribution in [-0.4, -0.2) is 94.9 Å². The third kappa shape index (κ3) is 5.76. The first-order valence-electron chi connectivity index (χ1n) is 13.2. The largest absolute Gasteiger partial charge is 0.463 e. The average molecular weight is 537 g/mol. The molecular formula is C26H36N2O10. The first-order chi connectivity index (χ1) is 18.1. The lowest BCUT2D eigenvalue weighted by atomic mass is 9.60. The van der Waals surface area contributed by atoms with E-state index in [4.69, 9.17) is 19.0 Å². The Bertz CT molecular complexity index is 997. The number of imide groups is 1. The fourth-order valence-electron chi connectivity index (χ4n) is 6.16. The molecule has 0 aromatic carbocycles. The molecule has 0 unspecified atom stereocenters. The summed E-state index contributed by atoms with van der Waals surface area (Å²) in [6, 6.07) is 0. The number of oxime groups is 1. The van der Waals surface area contributed by atoms with Gasteiger partial charge in [-0.3, -0.25) is 24.1 Å². The minimum absolute atomic E-state index is 0.0700. The van der Waals surface area contributed by atoms with Crippen LogP contribution in [0.3, 0.4) is 0 Å². The van der Waals surface area contributed by atoms with Crippen molar-refractivity contribution in [1.29, 1.82) is 0 Å². The summed E-state index contributed by atoms with van der Waals surface area (Å²) in [6.07, 6.45) is 1.07. The molecule has 4 aliphatic rings. The molecule has 38 heavy (non-hydrogen) atoms. The van der Waals surface area contributed by atoms with Crippen molar-refractivity contribution in [2.24, 2.45) is 28.8 Å². The predicted molar refractivity (Wildman–Crippen MR) is 130 cm³/mol. The number of aliphatic hydroxyl groups is 2. The van der Waals surface area contributed by atoms with Crippen molar-refractivity contribution in [1.82, 2.24) is 4.90 Å². The van der Waals surface area contributed by atoms with Crippen LogP contribution in [0.4, 0.5) is 0 Å². The van der Waals surface area contributed by atoms with Gasteiger partial charge in [0.2, 0.25) is 11.8 Å². The number of amides is 2. The molecule has 0 spiro atoms. The SMILES string of the molecule is CCN1C(=O)[C@H]2[C@H]3[C@H](O)[C@H](O)CC(=NOCC[C@@H]4C=C[C@H](OC(C)=O)[C@@H](COC(C)=O)O4)[C@@H]3CC[C@H]2C1=O. The van der Waals surface area contributed by atoms with Gasteiger partial charge in [0.1, 0.15) is 25.4 Å². The number of hydrogen-bond acceptors (Lipinski definition) is 11. The Morgan fingerprint density at radius 1 is 1.11 bits per heavy atom. The second-order valence-electron chi connectivity index (χ2n) is 10.3. The van der Waals surface area contributed by atoms with E-state index in [9.17, 15) is 29.4 Å². The van der Waals surface area contributed by atoms with Gasteiger partial charge < -0.3 is 29.3 Å². The van der Waals surface area contributed by atoms with Crippen LogP contribution in [-0.2, 0) is 38.2 Å². The van der Waals surface area contributed by atoms with Gasteiger partial charge in [-0.05, 0) is 25.8 Å². The van der Waals surface area contributed by atoms with Crippen molar-refractivity contribution >= 4 is 29.5 Å². The van der Waals surface area contributed by atoms with Crippen LogP contribution in [0.2, 0.25) is 0 Å². The number of fused-ring (bicyclic) bond motifs is 3. The summed E-state index contributed by atoms with van der Waals surface area (Å²) in [5, 5.41) is 25.6. The third-order valence-electron chi connectivity index (χ3n) is 7.85. The molecule has 2 aliphatic heterocycles. The van der Waals surface area contributed by atoms with Crippen LogP contribution >= 0.6 is 0 Å². The molecule has 0 aromatic rings. The van der Waals surface area contributed by atoms with Crippen LogP contribution in [0.15, 0.2) is 17.3 Å². The molecule has 2 amide bonds. The molecule has 12 nitrogen and oxygen atoms in total. The lowest BCUT2D eigenvalue weighted by molar-refractivity contribution is -0.164. The van der Waals surface area contributed by atoms with E-state index in [2.05, 4.69) is 5.16 Å². The van der Waals surface area contributed by atoms with Crippen molar-refractivity contribution in [2.45, 2.75) is 77.0 Å². The minimum Gasteiger partial charge on any atom is -0.463 e. The van der Waals surface area contributed by atoms with Gasteiger partial charge in [-0.25, -0.2) is 0 Å². The molecular weight excluding hydrogens is 500 g/mol. The lowest BCUT2D eigenvalue weighted by Crippen LogP contribution is -2.54. The Kier molecular flexibility index (Phi) is 8.84. The highest BCUT2D eigenvalue weighted by Crippen LogP contribution is 2.49. The number of aliphatic hydroxyl groups excluding tert-OH is 2.